The fourth-order valence-electron chi connectivity index (χ4n) is 2.29. The number of likely N-dealkylation sites (tertiary alicyclic amines) is 1. The molecule has 1 aliphatic rings. The van der Waals surface area contributed by atoms with Gasteiger partial charge in [0, 0.05) is 18.8 Å². The van der Waals surface area contributed by atoms with Crippen molar-refractivity contribution in [1.82, 2.24) is 4.90 Å². The zero-order chi connectivity index (χ0) is 12.3. The Balaban J connectivity index is 2.03. The Bertz CT molecular complexity index is 409. The van der Waals surface area contributed by atoms with Crippen molar-refractivity contribution in [1.29, 1.82) is 0 Å². The van der Waals surface area contributed by atoms with Crippen LogP contribution in [-0.2, 0) is 6.42 Å². The van der Waals surface area contributed by atoms with E-state index in [1.165, 1.54) is 11.1 Å². The van der Waals surface area contributed by atoms with Crippen molar-refractivity contribution in [2.75, 3.05) is 18.4 Å². The second-order valence-corrected chi connectivity index (χ2v) is 4.62. The third-order valence-corrected chi connectivity index (χ3v) is 3.37. The number of hydrogen-bond acceptors (Lipinski definition) is 1. The molecule has 1 aromatic rings. The largest absolute Gasteiger partial charge is 0.325 e. The number of carbonyl (C=O) groups is 1. The lowest BCUT2D eigenvalue weighted by Crippen LogP contribution is -2.32. The number of amides is 2. The third kappa shape index (κ3) is 2.78. The molecule has 2 amide bonds. The highest BCUT2D eigenvalue weighted by Crippen LogP contribution is 2.17. The van der Waals surface area contributed by atoms with Crippen molar-refractivity contribution < 1.29 is 4.79 Å². The molecule has 92 valence electrons. The standard InChI is InChI=1S/C14H20N2O/c1-3-12-6-7-13(10-11(12)2)15-14(17)16-8-4-5-9-16/h6-7,10H,3-5,8-9H2,1-2H3,(H,15,17). The molecule has 1 heterocycles. The van der Waals surface area contributed by atoms with Crippen LogP contribution < -0.4 is 5.32 Å². The van der Waals surface area contributed by atoms with Gasteiger partial charge in [-0.05, 0) is 49.4 Å². The summed E-state index contributed by atoms with van der Waals surface area (Å²) in [7, 11) is 0. The number of aryl methyl sites for hydroxylation is 2. The van der Waals surface area contributed by atoms with Crippen molar-refractivity contribution in [3.63, 3.8) is 0 Å². The van der Waals surface area contributed by atoms with Crippen molar-refractivity contribution in [2.24, 2.45) is 0 Å². The molecule has 0 saturated carbocycles. The van der Waals surface area contributed by atoms with E-state index in [2.05, 4.69) is 25.2 Å². The van der Waals surface area contributed by atoms with E-state index in [0.717, 1.165) is 38.0 Å². The second kappa shape index (κ2) is 5.21. The van der Waals surface area contributed by atoms with Gasteiger partial charge in [-0.2, -0.15) is 0 Å². The van der Waals surface area contributed by atoms with Gasteiger partial charge in [0.2, 0.25) is 0 Å². The number of hydrogen-bond donors (Lipinski definition) is 1. The van der Waals surface area contributed by atoms with Crippen LogP contribution in [0.2, 0.25) is 0 Å². The smallest absolute Gasteiger partial charge is 0.321 e. The van der Waals surface area contributed by atoms with Gasteiger partial charge in [0.25, 0.3) is 0 Å². The molecule has 0 atom stereocenters. The Morgan fingerprint density at radius 3 is 2.65 bits per heavy atom. The lowest BCUT2D eigenvalue weighted by atomic mass is 10.1. The Labute approximate surface area is 103 Å². The third-order valence-electron chi connectivity index (χ3n) is 3.37. The highest BCUT2D eigenvalue weighted by atomic mass is 16.2. The van der Waals surface area contributed by atoms with E-state index in [1.807, 2.05) is 17.0 Å². The molecule has 1 saturated heterocycles. The summed E-state index contributed by atoms with van der Waals surface area (Å²) in [5, 5.41) is 2.96. The molecular weight excluding hydrogens is 212 g/mol. The van der Waals surface area contributed by atoms with Crippen LogP contribution in [0.15, 0.2) is 18.2 Å². The summed E-state index contributed by atoms with van der Waals surface area (Å²) in [5.41, 5.74) is 3.48. The number of nitrogens with zero attached hydrogens (tertiary/aromatic N) is 1. The molecule has 3 heteroatoms. The average Bonchev–Trinajstić information content (AvgIpc) is 2.82. The first kappa shape index (κ1) is 12.0. The van der Waals surface area contributed by atoms with Crippen LogP contribution in [0.3, 0.4) is 0 Å². The molecule has 1 fully saturated rings. The molecule has 1 aromatic carbocycles. The minimum Gasteiger partial charge on any atom is -0.325 e. The van der Waals surface area contributed by atoms with E-state index in [0.29, 0.717) is 0 Å². The van der Waals surface area contributed by atoms with E-state index in [1.54, 1.807) is 0 Å². The topological polar surface area (TPSA) is 32.3 Å². The van der Waals surface area contributed by atoms with Gasteiger partial charge in [-0.1, -0.05) is 13.0 Å². The van der Waals surface area contributed by atoms with E-state index in [9.17, 15) is 4.79 Å². The maximum absolute atomic E-state index is 11.9. The van der Waals surface area contributed by atoms with Gasteiger partial charge >= 0.3 is 6.03 Å². The molecule has 0 spiro atoms. The quantitative estimate of drug-likeness (QED) is 0.834. The summed E-state index contributed by atoms with van der Waals surface area (Å²) in [6.45, 7) is 6.00. The SMILES string of the molecule is CCc1ccc(NC(=O)N2CCCC2)cc1C. The monoisotopic (exact) mass is 232 g/mol. The van der Waals surface area contributed by atoms with E-state index in [-0.39, 0.29) is 6.03 Å². The van der Waals surface area contributed by atoms with Crippen LogP contribution in [0.1, 0.15) is 30.9 Å². The van der Waals surface area contributed by atoms with E-state index < -0.39 is 0 Å². The van der Waals surface area contributed by atoms with Crippen LogP contribution in [0.4, 0.5) is 10.5 Å². The Hall–Kier alpha value is -1.51. The van der Waals surface area contributed by atoms with Crippen molar-refractivity contribution in [2.45, 2.75) is 33.1 Å². The lowest BCUT2D eigenvalue weighted by molar-refractivity contribution is 0.222. The predicted octanol–water partition coefficient (Wildman–Crippen LogP) is 3.19. The van der Waals surface area contributed by atoms with E-state index in [4.69, 9.17) is 0 Å². The van der Waals surface area contributed by atoms with Crippen LogP contribution >= 0.6 is 0 Å². The normalized spacial score (nSPS) is 15.1. The fourth-order valence-corrected chi connectivity index (χ4v) is 2.29. The highest BCUT2D eigenvalue weighted by molar-refractivity contribution is 5.89. The number of rotatable bonds is 2. The van der Waals surface area contributed by atoms with Gasteiger partial charge in [0.15, 0.2) is 0 Å². The van der Waals surface area contributed by atoms with Crippen LogP contribution in [0.5, 0.6) is 0 Å². The van der Waals surface area contributed by atoms with Gasteiger partial charge in [-0.15, -0.1) is 0 Å². The molecule has 1 N–H and O–H groups in total. The zero-order valence-electron chi connectivity index (χ0n) is 10.6. The number of urea groups is 1. The molecule has 1 aliphatic heterocycles. The lowest BCUT2D eigenvalue weighted by Gasteiger charge is -2.16. The van der Waals surface area contributed by atoms with Crippen LogP contribution in [-0.4, -0.2) is 24.0 Å². The minimum atomic E-state index is 0.0335. The summed E-state index contributed by atoms with van der Waals surface area (Å²) in [5.74, 6) is 0. The average molecular weight is 232 g/mol. The Morgan fingerprint density at radius 2 is 2.06 bits per heavy atom. The molecule has 0 bridgehead atoms. The molecule has 0 aliphatic carbocycles. The molecule has 0 aromatic heterocycles. The maximum atomic E-state index is 11.9. The number of carbonyl (C=O) groups excluding carboxylic acids is 1. The number of benzene rings is 1. The van der Waals surface area contributed by atoms with Gasteiger partial charge < -0.3 is 10.2 Å². The van der Waals surface area contributed by atoms with Gasteiger partial charge in [0.1, 0.15) is 0 Å². The first-order valence-electron chi connectivity index (χ1n) is 6.36. The van der Waals surface area contributed by atoms with Crippen molar-refractivity contribution in [3.8, 4) is 0 Å². The molecule has 0 unspecified atom stereocenters. The maximum Gasteiger partial charge on any atom is 0.321 e. The molecular formula is C14H20N2O. The number of nitrogens with one attached hydrogen (secondary N) is 1. The van der Waals surface area contributed by atoms with Crippen LogP contribution in [0, 0.1) is 6.92 Å². The summed E-state index contributed by atoms with van der Waals surface area (Å²) in [6.07, 6.45) is 3.29. The van der Waals surface area contributed by atoms with Crippen molar-refractivity contribution in [3.05, 3.63) is 29.3 Å². The first-order chi connectivity index (χ1) is 8.20. The second-order valence-electron chi connectivity index (χ2n) is 4.62. The van der Waals surface area contributed by atoms with E-state index >= 15 is 0 Å². The summed E-state index contributed by atoms with van der Waals surface area (Å²) in [4.78, 5) is 13.8. The fraction of sp³-hybridized carbons (Fsp3) is 0.500. The molecule has 2 rings (SSSR count). The molecule has 0 radical (unpaired) electrons. The summed E-state index contributed by atoms with van der Waals surface area (Å²) < 4.78 is 0. The summed E-state index contributed by atoms with van der Waals surface area (Å²) in [6, 6.07) is 6.16. The Kier molecular flexibility index (Phi) is 3.67. The Morgan fingerprint density at radius 1 is 1.35 bits per heavy atom. The van der Waals surface area contributed by atoms with Gasteiger partial charge in [0.05, 0.1) is 0 Å². The van der Waals surface area contributed by atoms with Crippen LogP contribution in [0.25, 0.3) is 0 Å². The number of anilines is 1. The summed E-state index contributed by atoms with van der Waals surface area (Å²) >= 11 is 0. The highest BCUT2D eigenvalue weighted by Gasteiger charge is 2.17. The minimum absolute atomic E-state index is 0.0335. The van der Waals surface area contributed by atoms with Gasteiger partial charge in [-0.25, -0.2) is 4.79 Å². The zero-order valence-corrected chi connectivity index (χ0v) is 10.6. The van der Waals surface area contributed by atoms with Crippen molar-refractivity contribution >= 4 is 11.7 Å². The first-order valence-corrected chi connectivity index (χ1v) is 6.36. The molecule has 3 nitrogen and oxygen atoms in total. The predicted molar refractivity (Wildman–Crippen MR) is 70.4 cm³/mol. The van der Waals surface area contributed by atoms with Gasteiger partial charge in [-0.3, -0.25) is 0 Å². The molecule has 17 heavy (non-hydrogen) atoms.